The zero-order valence-electron chi connectivity index (χ0n) is 11.6. The highest BCUT2D eigenvalue weighted by molar-refractivity contribution is 5.45. The summed E-state index contributed by atoms with van der Waals surface area (Å²) in [7, 11) is 1.95. The molecule has 1 aromatic heterocycles. The molecule has 0 aliphatic rings. The molecule has 0 saturated heterocycles. The molecule has 0 radical (unpaired) electrons. The molecule has 0 atom stereocenters. The topological polar surface area (TPSA) is 29.9 Å². The fraction of sp³-hybridized carbons (Fsp3) is 0.400. The van der Waals surface area contributed by atoms with Crippen LogP contribution in [-0.2, 0) is 13.6 Å². The molecule has 0 bridgehead atoms. The van der Waals surface area contributed by atoms with Crippen molar-refractivity contribution >= 4 is 5.69 Å². The maximum atomic E-state index is 4.34. The van der Waals surface area contributed by atoms with E-state index in [-0.39, 0.29) is 0 Å². The van der Waals surface area contributed by atoms with Gasteiger partial charge in [0.05, 0.1) is 5.69 Å². The summed E-state index contributed by atoms with van der Waals surface area (Å²) in [6, 6.07) is 8.65. The third-order valence-electron chi connectivity index (χ3n) is 3.18. The second kappa shape index (κ2) is 5.25. The third-order valence-corrected chi connectivity index (χ3v) is 3.18. The molecular formula is C15H21N3. The van der Waals surface area contributed by atoms with Gasteiger partial charge in [0, 0.05) is 31.0 Å². The zero-order valence-corrected chi connectivity index (χ0v) is 11.6. The number of hydrogen-bond donors (Lipinski definition) is 1. The van der Waals surface area contributed by atoms with Crippen molar-refractivity contribution in [1.29, 1.82) is 0 Å². The Morgan fingerprint density at radius 3 is 2.39 bits per heavy atom. The number of nitrogens with zero attached hydrogens (tertiary/aromatic N) is 2. The lowest BCUT2D eigenvalue weighted by molar-refractivity contribution is 0.756. The molecule has 0 saturated carbocycles. The van der Waals surface area contributed by atoms with Crippen molar-refractivity contribution in [2.75, 3.05) is 5.32 Å². The average Bonchev–Trinajstić information content (AvgIpc) is 2.66. The number of aromatic nitrogens is 2. The summed E-state index contributed by atoms with van der Waals surface area (Å²) < 4.78 is 1.86. The number of nitrogens with one attached hydrogen (secondary N) is 1. The Balaban J connectivity index is 2.00. The van der Waals surface area contributed by atoms with Gasteiger partial charge in [-0.3, -0.25) is 4.68 Å². The molecule has 0 unspecified atom stereocenters. The minimum atomic E-state index is 0.583. The molecule has 3 nitrogen and oxygen atoms in total. The van der Waals surface area contributed by atoms with Crippen molar-refractivity contribution in [3.05, 3.63) is 47.3 Å². The molecule has 3 heteroatoms. The van der Waals surface area contributed by atoms with Gasteiger partial charge in [-0.1, -0.05) is 26.0 Å². The van der Waals surface area contributed by atoms with Crippen LogP contribution in [0, 0.1) is 6.92 Å². The summed E-state index contributed by atoms with van der Waals surface area (Å²) in [6.07, 6.45) is 2.06. The largest absolute Gasteiger partial charge is 0.381 e. The van der Waals surface area contributed by atoms with Gasteiger partial charge in [-0.15, -0.1) is 0 Å². The Labute approximate surface area is 109 Å². The number of rotatable bonds is 4. The lowest BCUT2D eigenvalue weighted by atomic mass is 10.0. The van der Waals surface area contributed by atoms with E-state index in [4.69, 9.17) is 0 Å². The van der Waals surface area contributed by atoms with Crippen LogP contribution in [0.1, 0.15) is 36.6 Å². The van der Waals surface area contributed by atoms with E-state index in [1.807, 2.05) is 18.7 Å². The molecule has 96 valence electrons. The first kappa shape index (κ1) is 12.7. The van der Waals surface area contributed by atoms with E-state index in [9.17, 15) is 0 Å². The Hall–Kier alpha value is -1.77. The highest BCUT2D eigenvalue weighted by Gasteiger charge is 2.03. The van der Waals surface area contributed by atoms with Gasteiger partial charge in [0.2, 0.25) is 0 Å². The number of hydrogen-bond acceptors (Lipinski definition) is 2. The highest BCUT2D eigenvalue weighted by atomic mass is 15.2. The predicted molar refractivity (Wildman–Crippen MR) is 75.8 cm³/mol. The van der Waals surface area contributed by atoms with Gasteiger partial charge >= 0.3 is 0 Å². The van der Waals surface area contributed by atoms with Crippen LogP contribution in [-0.4, -0.2) is 9.78 Å². The van der Waals surface area contributed by atoms with Gasteiger partial charge in [0.1, 0.15) is 0 Å². The summed E-state index contributed by atoms with van der Waals surface area (Å²) >= 11 is 0. The van der Waals surface area contributed by atoms with E-state index in [0.29, 0.717) is 5.92 Å². The van der Waals surface area contributed by atoms with Crippen LogP contribution >= 0.6 is 0 Å². The van der Waals surface area contributed by atoms with Crippen LogP contribution in [0.2, 0.25) is 0 Å². The minimum Gasteiger partial charge on any atom is -0.381 e. The van der Waals surface area contributed by atoms with Gasteiger partial charge < -0.3 is 5.32 Å². The van der Waals surface area contributed by atoms with Crippen molar-refractivity contribution in [2.24, 2.45) is 7.05 Å². The van der Waals surface area contributed by atoms with Crippen molar-refractivity contribution in [3.63, 3.8) is 0 Å². The number of anilines is 1. The molecule has 1 aromatic carbocycles. The number of aryl methyl sites for hydroxylation is 2. The first-order valence-electron chi connectivity index (χ1n) is 6.39. The lowest BCUT2D eigenvalue weighted by Crippen LogP contribution is -2.00. The molecule has 0 spiro atoms. The molecule has 18 heavy (non-hydrogen) atoms. The maximum Gasteiger partial charge on any atom is 0.0643 e. The van der Waals surface area contributed by atoms with Crippen LogP contribution in [0.3, 0.4) is 0 Å². The Morgan fingerprint density at radius 2 is 1.89 bits per heavy atom. The SMILES string of the molecule is Cc1nn(C)cc1CNc1ccc(C(C)C)cc1. The van der Waals surface area contributed by atoms with Gasteiger partial charge in [-0.05, 0) is 30.5 Å². The minimum absolute atomic E-state index is 0.583. The predicted octanol–water partition coefficient (Wildman–Crippen LogP) is 3.46. The van der Waals surface area contributed by atoms with Crippen molar-refractivity contribution in [2.45, 2.75) is 33.2 Å². The summed E-state index contributed by atoms with van der Waals surface area (Å²) in [5.74, 6) is 0.583. The zero-order chi connectivity index (χ0) is 13.1. The van der Waals surface area contributed by atoms with Crippen LogP contribution in [0.4, 0.5) is 5.69 Å². The van der Waals surface area contributed by atoms with Crippen LogP contribution in [0.5, 0.6) is 0 Å². The second-order valence-corrected chi connectivity index (χ2v) is 5.04. The van der Waals surface area contributed by atoms with Gasteiger partial charge in [-0.25, -0.2) is 0 Å². The van der Waals surface area contributed by atoms with E-state index in [1.54, 1.807) is 0 Å². The van der Waals surface area contributed by atoms with Crippen molar-refractivity contribution in [1.82, 2.24) is 9.78 Å². The Morgan fingerprint density at radius 1 is 1.22 bits per heavy atom. The monoisotopic (exact) mass is 243 g/mol. The molecule has 0 aliphatic carbocycles. The smallest absolute Gasteiger partial charge is 0.0643 e. The van der Waals surface area contributed by atoms with Crippen LogP contribution in [0.25, 0.3) is 0 Å². The molecule has 1 N–H and O–H groups in total. The summed E-state index contributed by atoms with van der Waals surface area (Å²) in [6.45, 7) is 7.28. The first-order chi connectivity index (χ1) is 8.56. The molecule has 1 heterocycles. The first-order valence-corrected chi connectivity index (χ1v) is 6.39. The van der Waals surface area contributed by atoms with E-state index in [0.717, 1.165) is 17.9 Å². The highest BCUT2D eigenvalue weighted by Crippen LogP contribution is 2.18. The fourth-order valence-corrected chi connectivity index (χ4v) is 2.01. The molecule has 2 rings (SSSR count). The van der Waals surface area contributed by atoms with Gasteiger partial charge in [0.15, 0.2) is 0 Å². The fourth-order valence-electron chi connectivity index (χ4n) is 2.01. The molecule has 2 aromatic rings. The van der Waals surface area contributed by atoms with Gasteiger partial charge in [0.25, 0.3) is 0 Å². The molecule has 0 amide bonds. The van der Waals surface area contributed by atoms with Crippen LogP contribution < -0.4 is 5.32 Å². The molecular weight excluding hydrogens is 222 g/mol. The second-order valence-electron chi connectivity index (χ2n) is 5.04. The molecule has 0 aliphatic heterocycles. The lowest BCUT2D eigenvalue weighted by Gasteiger charge is -2.08. The van der Waals surface area contributed by atoms with Crippen molar-refractivity contribution in [3.8, 4) is 0 Å². The van der Waals surface area contributed by atoms with E-state index in [2.05, 4.69) is 54.7 Å². The molecule has 0 fully saturated rings. The summed E-state index contributed by atoms with van der Waals surface area (Å²) in [5, 5.41) is 7.77. The normalized spacial score (nSPS) is 10.9. The quantitative estimate of drug-likeness (QED) is 0.891. The summed E-state index contributed by atoms with van der Waals surface area (Å²) in [5.41, 5.74) is 4.86. The summed E-state index contributed by atoms with van der Waals surface area (Å²) in [4.78, 5) is 0. The Kier molecular flexibility index (Phi) is 3.70. The van der Waals surface area contributed by atoms with Crippen LogP contribution in [0.15, 0.2) is 30.5 Å². The average molecular weight is 243 g/mol. The maximum absolute atomic E-state index is 4.34. The number of benzene rings is 1. The van der Waals surface area contributed by atoms with Crippen molar-refractivity contribution < 1.29 is 0 Å². The van der Waals surface area contributed by atoms with Gasteiger partial charge in [-0.2, -0.15) is 5.10 Å². The van der Waals surface area contributed by atoms with E-state index >= 15 is 0 Å². The third kappa shape index (κ3) is 2.92. The van der Waals surface area contributed by atoms with E-state index in [1.165, 1.54) is 11.1 Å². The van der Waals surface area contributed by atoms with E-state index < -0.39 is 0 Å². The standard InChI is InChI=1S/C15H21N3/c1-11(2)13-5-7-15(8-6-13)16-9-14-10-18(4)17-12(14)3/h5-8,10-11,16H,9H2,1-4H3. The Bertz CT molecular complexity index is 509.